The van der Waals surface area contributed by atoms with E-state index in [0.29, 0.717) is 57.6 Å². The third kappa shape index (κ3) is 3.74. The number of nitriles is 1. The minimum absolute atomic E-state index is 0.130. The molecule has 5 aromatic rings. The number of rotatable bonds is 6. The molecule has 5 rings (SSSR count). The monoisotopic (exact) mass is 452 g/mol. The largest absolute Gasteiger partial charge is 0.440 e. The Balaban J connectivity index is 1.81. The number of aryl methyl sites for hydroxylation is 1. The SMILES string of the molecule is COCc1nc(C)oc1-c1c(-c2ccccc2C#N)nc(N)n2nc(Cc3ccccn3)nc12. The quantitative estimate of drug-likeness (QED) is 0.410. The van der Waals surface area contributed by atoms with Crippen LogP contribution in [-0.2, 0) is 17.8 Å². The predicted octanol–water partition coefficient (Wildman–Crippen LogP) is 3.34. The number of fused-ring (bicyclic) bond motifs is 1. The van der Waals surface area contributed by atoms with Crippen LogP contribution >= 0.6 is 0 Å². The number of pyridine rings is 1. The first-order chi connectivity index (χ1) is 16.6. The Morgan fingerprint density at radius 1 is 1.12 bits per heavy atom. The summed E-state index contributed by atoms with van der Waals surface area (Å²) in [6.07, 6.45) is 2.13. The van der Waals surface area contributed by atoms with E-state index in [9.17, 15) is 5.26 Å². The summed E-state index contributed by atoms with van der Waals surface area (Å²) in [5, 5.41) is 14.3. The first kappa shape index (κ1) is 21.2. The van der Waals surface area contributed by atoms with Crippen LogP contribution in [0, 0.1) is 18.3 Å². The molecule has 2 N–H and O–H groups in total. The highest BCUT2D eigenvalue weighted by Gasteiger charge is 2.26. The molecule has 0 aliphatic carbocycles. The van der Waals surface area contributed by atoms with E-state index in [1.165, 1.54) is 4.52 Å². The average Bonchev–Trinajstić information content (AvgIpc) is 3.43. The minimum Gasteiger partial charge on any atom is -0.440 e. The highest BCUT2D eigenvalue weighted by atomic mass is 16.5. The Labute approximate surface area is 194 Å². The molecule has 0 aliphatic rings. The van der Waals surface area contributed by atoms with Crippen LogP contribution in [-0.4, -0.2) is 36.7 Å². The Morgan fingerprint density at radius 3 is 2.71 bits per heavy atom. The lowest BCUT2D eigenvalue weighted by molar-refractivity contribution is 0.182. The van der Waals surface area contributed by atoms with Gasteiger partial charge in [-0.15, -0.1) is 5.10 Å². The fourth-order valence-electron chi connectivity index (χ4n) is 3.83. The lowest BCUT2D eigenvalue weighted by Gasteiger charge is -2.12. The van der Waals surface area contributed by atoms with Crippen molar-refractivity contribution < 1.29 is 9.15 Å². The number of ether oxygens (including phenoxy) is 1. The fraction of sp³-hybridized carbons (Fsp3) is 0.167. The van der Waals surface area contributed by atoms with Crippen molar-refractivity contribution in [2.24, 2.45) is 0 Å². The zero-order valence-corrected chi connectivity index (χ0v) is 18.6. The highest BCUT2D eigenvalue weighted by Crippen LogP contribution is 2.38. The van der Waals surface area contributed by atoms with Gasteiger partial charge in [-0.25, -0.2) is 15.0 Å². The van der Waals surface area contributed by atoms with Gasteiger partial charge >= 0.3 is 0 Å². The lowest BCUT2D eigenvalue weighted by Crippen LogP contribution is -2.07. The van der Waals surface area contributed by atoms with Gasteiger partial charge in [-0.1, -0.05) is 24.3 Å². The molecule has 168 valence electrons. The molecule has 4 aromatic heterocycles. The number of aromatic nitrogens is 6. The predicted molar refractivity (Wildman–Crippen MR) is 123 cm³/mol. The van der Waals surface area contributed by atoms with Gasteiger partial charge in [0.15, 0.2) is 23.1 Å². The van der Waals surface area contributed by atoms with Crippen LogP contribution in [0.1, 0.15) is 28.7 Å². The second kappa shape index (κ2) is 8.73. The molecule has 0 fully saturated rings. The number of benzene rings is 1. The standard InChI is InChI=1S/C24H20N8O2/c1-14-28-18(13-33-2)22(34-14)20-21(17-9-4-3-7-15(17)12-25)30-24(26)32-23(20)29-19(31-32)11-16-8-5-6-10-27-16/h3-10H,11,13H2,1-2H3,(H2,26,30). The van der Waals surface area contributed by atoms with Crippen molar-refractivity contribution >= 4 is 11.6 Å². The molecule has 0 aliphatic heterocycles. The number of nitrogens with zero attached hydrogens (tertiary/aromatic N) is 7. The summed E-state index contributed by atoms with van der Waals surface area (Å²) in [5.74, 6) is 1.55. The lowest BCUT2D eigenvalue weighted by atomic mass is 9.99. The van der Waals surface area contributed by atoms with E-state index in [4.69, 9.17) is 19.9 Å². The Morgan fingerprint density at radius 2 is 1.94 bits per heavy atom. The summed E-state index contributed by atoms with van der Waals surface area (Å²) in [6, 6.07) is 15.0. The van der Waals surface area contributed by atoms with Gasteiger partial charge in [0.25, 0.3) is 0 Å². The summed E-state index contributed by atoms with van der Waals surface area (Å²) in [5.41, 5.74) is 10.2. The van der Waals surface area contributed by atoms with E-state index in [1.54, 1.807) is 32.4 Å². The summed E-state index contributed by atoms with van der Waals surface area (Å²) in [7, 11) is 1.58. The van der Waals surface area contributed by atoms with Gasteiger partial charge in [-0.3, -0.25) is 4.98 Å². The Bertz CT molecular complexity index is 1530. The Kier molecular flexibility index (Phi) is 5.45. The van der Waals surface area contributed by atoms with Gasteiger partial charge in [-0.2, -0.15) is 9.78 Å². The molecule has 34 heavy (non-hydrogen) atoms. The van der Waals surface area contributed by atoms with Crippen molar-refractivity contribution in [3.63, 3.8) is 0 Å². The molecule has 4 heterocycles. The van der Waals surface area contributed by atoms with Crippen LogP contribution in [0.25, 0.3) is 28.2 Å². The molecule has 0 saturated heterocycles. The van der Waals surface area contributed by atoms with Gasteiger partial charge in [0.1, 0.15) is 5.69 Å². The number of oxazole rings is 1. The molecule has 10 heteroatoms. The fourth-order valence-corrected chi connectivity index (χ4v) is 3.83. The van der Waals surface area contributed by atoms with Gasteiger partial charge in [0.05, 0.1) is 35.9 Å². The second-order valence-corrected chi connectivity index (χ2v) is 7.55. The maximum Gasteiger partial charge on any atom is 0.223 e. The van der Waals surface area contributed by atoms with Crippen LogP contribution in [0.5, 0.6) is 0 Å². The summed E-state index contributed by atoms with van der Waals surface area (Å²) in [6.45, 7) is 1.97. The Hall–Kier alpha value is -4.62. The first-order valence-corrected chi connectivity index (χ1v) is 10.5. The third-order valence-corrected chi connectivity index (χ3v) is 5.24. The summed E-state index contributed by atoms with van der Waals surface area (Å²) < 4.78 is 12.8. The van der Waals surface area contributed by atoms with Crippen molar-refractivity contribution in [2.45, 2.75) is 20.0 Å². The molecule has 0 atom stereocenters. The van der Waals surface area contributed by atoms with Crippen molar-refractivity contribution in [1.29, 1.82) is 5.26 Å². The molecule has 1 aromatic carbocycles. The normalized spacial score (nSPS) is 11.1. The van der Waals surface area contributed by atoms with E-state index < -0.39 is 0 Å². The van der Waals surface area contributed by atoms with Crippen LogP contribution in [0.3, 0.4) is 0 Å². The highest BCUT2D eigenvalue weighted by molar-refractivity contribution is 5.91. The molecular formula is C24H20N8O2. The molecule has 0 unspecified atom stereocenters. The summed E-state index contributed by atoms with van der Waals surface area (Å²) in [4.78, 5) is 18.2. The van der Waals surface area contributed by atoms with E-state index in [2.05, 4.69) is 26.1 Å². The van der Waals surface area contributed by atoms with Crippen LogP contribution < -0.4 is 5.73 Å². The molecule has 0 bridgehead atoms. The summed E-state index contributed by atoms with van der Waals surface area (Å²) >= 11 is 0. The third-order valence-electron chi connectivity index (χ3n) is 5.24. The minimum atomic E-state index is 0.130. The van der Waals surface area contributed by atoms with E-state index in [0.717, 1.165) is 5.69 Å². The van der Waals surface area contributed by atoms with Gasteiger partial charge in [0.2, 0.25) is 5.95 Å². The number of nitrogen functional groups attached to an aromatic ring is 1. The van der Waals surface area contributed by atoms with Crippen LogP contribution in [0.15, 0.2) is 53.1 Å². The average molecular weight is 452 g/mol. The van der Waals surface area contributed by atoms with Crippen LogP contribution in [0.4, 0.5) is 5.95 Å². The topological polar surface area (TPSA) is 141 Å². The van der Waals surface area contributed by atoms with Crippen LogP contribution in [0.2, 0.25) is 0 Å². The number of methoxy groups -OCH3 is 1. The van der Waals surface area contributed by atoms with Gasteiger partial charge in [0, 0.05) is 31.5 Å². The molecule has 0 amide bonds. The zero-order valence-electron chi connectivity index (χ0n) is 18.6. The molecular weight excluding hydrogens is 432 g/mol. The van der Waals surface area contributed by atoms with Gasteiger partial charge < -0.3 is 14.9 Å². The van der Waals surface area contributed by atoms with Crippen molar-refractivity contribution in [3.8, 4) is 28.7 Å². The molecule has 0 spiro atoms. The van der Waals surface area contributed by atoms with Gasteiger partial charge in [-0.05, 0) is 18.2 Å². The molecule has 0 saturated carbocycles. The van der Waals surface area contributed by atoms with E-state index in [1.807, 2.05) is 30.3 Å². The van der Waals surface area contributed by atoms with Crippen molar-refractivity contribution in [3.05, 3.63) is 77.3 Å². The zero-order chi connectivity index (χ0) is 23.7. The van der Waals surface area contributed by atoms with E-state index >= 15 is 0 Å². The van der Waals surface area contributed by atoms with Crippen molar-refractivity contribution in [1.82, 2.24) is 29.5 Å². The maximum atomic E-state index is 9.73. The maximum absolute atomic E-state index is 9.73. The molecule has 10 nitrogen and oxygen atoms in total. The number of anilines is 1. The number of hydrogen-bond acceptors (Lipinski definition) is 9. The number of hydrogen-bond donors (Lipinski definition) is 1. The number of nitrogens with two attached hydrogens (primary N) is 1. The smallest absolute Gasteiger partial charge is 0.223 e. The molecule has 0 radical (unpaired) electrons. The van der Waals surface area contributed by atoms with E-state index in [-0.39, 0.29) is 12.6 Å². The first-order valence-electron chi connectivity index (χ1n) is 10.5. The second-order valence-electron chi connectivity index (χ2n) is 7.55. The van der Waals surface area contributed by atoms with Crippen molar-refractivity contribution in [2.75, 3.05) is 12.8 Å².